The molecule has 1 N–H and O–H groups in total. The van der Waals surface area contributed by atoms with E-state index >= 15 is 0 Å². The van der Waals surface area contributed by atoms with Crippen LogP contribution in [0.1, 0.15) is 27.2 Å². The highest BCUT2D eigenvalue weighted by molar-refractivity contribution is 5.89. The predicted octanol–water partition coefficient (Wildman–Crippen LogP) is 3.30. The van der Waals surface area contributed by atoms with Gasteiger partial charge in [-0.25, -0.2) is 14.0 Å². The first-order chi connectivity index (χ1) is 11.3. The zero-order valence-electron chi connectivity index (χ0n) is 14.3. The molecule has 2 rings (SSSR count). The lowest BCUT2D eigenvalue weighted by molar-refractivity contribution is 0.0259. The van der Waals surface area contributed by atoms with Crippen LogP contribution in [0.5, 0.6) is 0 Å². The first-order valence-electron chi connectivity index (χ1n) is 8.04. The molecule has 0 atom stereocenters. The second kappa shape index (κ2) is 7.51. The number of anilines is 1. The summed E-state index contributed by atoms with van der Waals surface area (Å²) in [6.45, 7) is 7.24. The molecule has 0 unspecified atom stereocenters. The van der Waals surface area contributed by atoms with E-state index in [-0.39, 0.29) is 17.8 Å². The number of halogens is 1. The van der Waals surface area contributed by atoms with Gasteiger partial charge in [0.25, 0.3) is 0 Å². The quantitative estimate of drug-likeness (QED) is 0.855. The van der Waals surface area contributed by atoms with E-state index in [0.29, 0.717) is 32.6 Å². The van der Waals surface area contributed by atoms with Gasteiger partial charge >= 0.3 is 12.1 Å². The maximum atomic E-state index is 13.6. The van der Waals surface area contributed by atoms with Crippen LogP contribution >= 0.6 is 0 Å². The molecule has 0 aromatic heterocycles. The smallest absolute Gasteiger partial charge is 0.410 e. The fourth-order valence-electron chi connectivity index (χ4n) is 2.39. The second-order valence-corrected chi connectivity index (χ2v) is 6.72. The van der Waals surface area contributed by atoms with Gasteiger partial charge in [-0.3, -0.25) is 0 Å². The molecule has 1 heterocycles. The van der Waals surface area contributed by atoms with E-state index in [2.05, 4.69) is 5.32 Å². The molecular formula is C17H24FN3O3. The molecule has 0 saturated carbocycles. The Hall–Kier alpha value is -2.31. The fourth-order valence-corrected chi connectivity index (χ4v) is 2.39. The maximum absolute atomic E-state index is 13.6. The van der Waals surface area contributed by atoms with Crippen molar-refractivity contribution in [1.82, 2.24) is 9.80 Å². The number of urea groups is 1. The van der Waals surface area contributed by atoms with E-state index in [0.717, 1.165) is 0 Å². The van der Waals surface area contributed by atoms with Gasteiger partial charge in [0.1, 0.15) is 11.4 Å². The number of amides is 3. The van der Waals surface area contributed by atoms with Crippen LogP contribution in [0.25, 0.3) is 0 Å². The molecular weight excluding hydrogens is 313 g/mol. The lowest BCUT2D eigenvalue weighted by Gasteiger charge is -2.26. The van der Waals surface area contributed by atoms with Crippen LogP contribution in [0.3, 0.4) is 0 Å². The molecule has 0 spiro atoms. The van der Waals surface area contributed by atoms with E-state index in [9.17, 15) is 14.0 Å². The molecule has 7 heteroatoms. The highest BCUT2D eigenvalue weighted by Crippen LogP contribution is 2.15. The van der Waals surface area contributed by atoms with Crippen molar-refractivity contribution >= 4 is 17.8 Å². The first-order valence-corrected chi connectivity index (χ1v) is 8.04. The highest BCUT2D eigenvalue weighted by atomic mass is 19.1. The Morgan fingerprint density at radius 1 is 1.08 bits per heavy atom. The van der Waals surface area contributed by atoms with Gasteiger partial charge in [0.05, 0.1) is 5.69 Å². The summed E-state index contributed by atoms with van der Waals surface area (Å²) >= 11 is 0. The lowest BCUT2D eigenvalue weighted by Crippen LogP contribution is -2.41. The average molecular weight is 337 g/mol. The molecule has 3 amide bonds. The molecule has 1 aliphatic rings. The normalized spacial score (nSPS) is 15.7. The number of carbonyl (C=O) groups is 2. The molecule has 0 radical (unpaired) electrons. The first kappa shape index (κ1) is 18.0. The van der Waals surface area contributed by atoms with Crippen molar-refractivity contribution < 1.29 is 18.7 Å². The molecule has 1 aromatic carbocycles. The average Bonchev–Trinajstić information content (AvgIpc) is 2.74. The van der Waals surface area contributed by atoms with Crippen molar-refractivity contribution in [3.63, 3.8) is 0 Å². The third-order valence-corrected chi connectivity index (χ3v) is 3.55. The Labute approximate surface area is 141 Å². The Morgan fingerprint density at radius 3 is 2.38 bits per heavy atom. The number of hydrogen-bond acceptors (Lipinski definition) is 3. The minimum atomic E-state index is -0.550. The van der Waals surface area contributed by atoms with Crippen LogP contribution < -0.4 is 5.32 Å². The van der Waals surface area contributed by atoms with Crippen LogP contribution in [0.2, 0.25) is 0 Å². The standard InChI is InChI=1S/C17H24FN3O3/c1-17(2,3)24-16(23)21-10-6-9-20(11-12-21)15(22)19-14-8-5-4-7-13(14)18/h4-5,7-8H,6,9-12H2,1-3H3,(H,19,22). The Kier molecular flexibility index (Phi) is 5.64. The van der Waals surface area contributed by atoms with Gasteiger partial charge < -0.3 is 19.9 Å². The molecule has 0 bridgehead atoms. The zero-order chi connectivity index (χ0) is 17.7. The summed E-state index contributed by atoms with van der Waals surface area (Å²) in [7, 11) is 0. The summed E-state index contributed by atoms with van der Waals surface area (Å²) in [6, 6.07) is 5.66. The number of para-hydroxylation sites is 1. The summed E-state index contributed by atoms with van der Waals surface area (Å²) in [5.41, 5.74) is -0.401. The van der Waals surface area contributed by atoms with Crippen molar-refractivity contribution in [3.05, 3.63) is 30.1 Å². The van der Waals surface area contributed by atoms with E-state index < -0.39 is 11.4 Å². The monoisotopic (exact) mass is 337 g/mol. The van der Waals surface area contributed by atoms with E-state index in [1.165, 1.54) is 12.1 Å². The molecule has 132 valence electrons. The third kappa shape index (κ3) is 5.11. The van der Waals surface area contributed by atoms with Crippen molar-refractivity contribution in [2.45, 2.75) is 32.8 Å². The van der Waals surface area contributed by atoms with Gasteiger partial charge in [-0.2, -0.15) is 0 Å². The minimum absolute atomic E-state index is 0.149. The molecule has 1 aromatic rings. The van der Waals surface area contributed by atoms with Gasteiger partial charge in [-0.1, -0.05) is 12.1 Å². The number of benzene rings is 1. The molecule has 1 aliphatic heterocycles. The van der Waals surface area contributed by atoms with Gasteiger partial charge in [-0.05, 0) is 39.3 Å². The molecule has 6 nitrogen and oxygen atoms in total. The van der Waals surface area contributed by atoms with Crippen molar-refractivity contribution in [2.75, 3.05) is 31.5 Å². The van der Waals surface area contributed by atoms with E-state index in [1.807, 2.05) is 20.8 Å². The van der Waals surface area contributed by atoms with Crippen LogP contribution in [0.4, 0.5) is 19.7 Å². The van der Waals surface area contributed by atoms with Crippen LogP contribution in [0, 0.1) is 5.82 Å². The number of ether oxygens (including phenoxy) is 1. The van der Waals surface area contributed by atoms with Crippen molar-refractivity contribution in [1.29, 1.82) is 0 Å². The number of hydrogen-bond donors (Lipinski definition) is 1. The minimum Gasteiger partial charge on any atom is -0.444 e. The van der Waals surface area contributed by atoms with Gasteiger partial charge in [0, 0.05) is 26.2 Å². The third-order valence-electron chi connectivity index (χ3n) is 3.55. The Bertz CT molecular complexity index is 601. The number of rotatable bonds is 1. The van der Waals surface area contributed by atoms with Gasteiger partial charge in [-0.15, -0.1) is 0 Å². The molecule has 1 fully saturated rings. The van der Waals surface area contributed by atoms with Crippen LogP contribution in [-0.2, 0) is 4.74 Å². The van der Waals surface area contributed by atoms with Crippen molar-refractivity contribution in [3.8, 4) is 0 Å². The van der Waals surface area contributed by atoms with Gasteiger partial charge in [0.15, 0.2) is 0 Å². The Morgan fingerprint density at radius 2 is 1.71 bits per heavy atom. The topological polar surface area (TPSA) is 61.9 Å². The SMILES string of the molecule is CC(C)(C)OC(=O)N1CCCN(C(=O)Nc2ccccc2F)CC1. The van der Waals surface area contributed by atoms with Crippen molar-refractivity contribution in [2.24, 2.45) is 0 Å². The predicted molar refractivity (Wildman–Crippen MR) is 89.4 cm³/mol. The molecule has 24 heavy (non-hydrogen) atoms. The number of carbonyl (C=O) groups excluding carboxylic acids is 2. The summed E-state index contributed by atoms with van der Waals surface area (Å²) in [4.78, 5) is 27.6. The largest absolute Gasteiger partial charge is 0.444 e. The number of nitrogens with one attached hydrogen (secondary N) is 1. The fraction of sp³-hybridized carbons (Fsp3) is 0.529. The lowest BCUT2D eigenvalue weighted by atomic mass is 10.2. The Balaban J connectivity index is 1.92. The highest BCUT2D eigenvalue weighted by Gasteiger charge is 2.26. The molecule has 0 aliphatic carbocycles. The summed E-state index contributed by atoms with van der Waals surface area (Å²) in [6.07, 6.45) is 0.267. The van der Waals surface area contributed by atoms with E-state index in [4.69, 9.17) is 4.74 Å². The second-order valence-electron chi connectivity index (χ2n) is 6.72. The number of nitrogens with zero attached hydrogens (tertiary/aromatic N) is 2. The summed E-state index contributed by atoms with van der Waals surface area (Å²) in [5.74, 6) is -0.476. The van der Waals surface area contributed by atoms with E-state index in [1.54, 1.807) is 21.9 Å². The zero-order valence-corrected chi connectivity index (χ0v) is 14.3. The van der Waals surface area contributed by atoms with Crippen LogP contribution in [-0.4, -0.2) is 53.7 Å². The molecule has 1 saturated heterocycles. The summed E-state index contributed by atoms with van der Waals surface area (Å²) < 4.78 is 19.0. The summed E-state index contributed by atoms with van der Waals surface area (Å²) in [5, 5.41) is 2.57. The van der Waals surface area contributed by atoms with Crippen LogP contribution in [0.15, 0.2) is 24.3 Å². The van der Waals surface area contributed by atoms with Gasteiger partial charge in [0.2, 0.25) is 0 Å². The maximum Gasteiger partial charge on any atom is 0.410 e.